The summed E-state index contributed by atoms with van der Waals surface area (Å²) in [7, 11) is 1.59. The number of nitrogens with one attached hydrogen (secondary N) is 2. The second kappa shape index (κ2) is 8.40. The number of benzene rings is 2. The van der Waals surface area contributed by atoms with E-state index in [2.05, 4.69) is 10.6 Å². The molecule has 0 aliphatic heterocycles. The highest BCUT2D eigenvalue weighted by Gasteiger charge is 2.10. The van der Waals surface area contributed by atoms with Crippen LogP contribution in [0.15, 0.2) is 42.5 Å². The van der Waals surface area contributed by atoms with Crippen LogP contribution < -0.4 is 15.4 Å². The highest BCUT2D eigenvalue weighted by atomic mass is 19.2. The molecule has 2 aromatic carbocycles. The molecule has 24 heavy (non-hydrogen) atoms. The first-order valence-electron chi connectivity index (χ1n) is 7.57. The van der Waals surface area contributed by atoms with Gasteiger partial charge in [0.25, 0.3) is 0 Å². The summed E-state index contributed by atoms with van der Waals surface area (Å²) < 4.78 is 31.2. The number of hydrogen-bond acceptors (Lipinski definition) is 3. The Morgan fingerprint density at radius 1 is 1.12 bits per heavy atom. The largest absolute Gasteiger partial charge is 0.497 e. The predicted molar refractivity (Wildman–Crippen MR) is 87.6 cm³/mol. The summed E-state index contributed by atoms with van der Waals surface area (Å²) >= 11 is 0. The van der Waals surface area contributed by atoms with E-state index in [1.54, 1.807) is 14.0 Å². The molecule has 128 valence electrons. The van der Waals surface area contributed by atoms with Gasteiger partial charge in [0.15, 0.2) is 11.6 Å². The normalized spacial score (nSPS) is 11.8. The Hall–Kier alpha value is -2.47. The van der Waals surface area contributed by atoms with E-state index in [1.165, 1.54) is 6.07 Å². The first-order chi connectivity index (χ1) is 11.5. The van der Waals surface area contributed by atoms with Gasteiger partial charge in [0.05, 0.1) is 13.7 Å². The van der Waals surface area contributed by atoms with Crippen LogP contribution in [-0.4, -0.2) is 19.6 Å². The monoisotopic (exact) mass is 334 g/mol. The molecule has 0 aliphatic carbocycles. The molecule has 0 saturated heterocycles. The zero-order chi connectivity index (χ0) is 17.5. The molecule has 2 rings (SSSR count). The molecule has 2 aromatic rings. The van der Waals surface area contributed by atoms with Gasteiger partial charge in [-0.3, -0.25) is 4.79 Å². The van der Waals surface area contributed by atoms with Crippen LogP contribution in [0.5, 0.6) is 5.75 Å². The summed E-state index contributed by atoms with van der Waals surface area (Å²) in [5.41, 5.74) is 1.54. The van der Waals surface area contributed by atoms with Crippen molar-refractivity contribution in [3.63, 3.8) is 0 Å². The van der Waals surface area contributed by atoms with Crippen molar-refractivity contribution in [2.45, 2.75) is 19.5 Å². The van der Waals surface area contributed by atoms with E-state index in [9.17, 15) is 13.6 Å². The first kappa shape index (κ1) is 17.9. The van der Waals surface area contributed by atoms with Crippen molar-refractivity contribution in [1.82, 2.24) is 10.6 Å². The van der Waals surface area contributed by atoms with E-state index < -0.39 is 11.6 Å². The van der Waals surface area contributed by atoms with E-state index in [-0.39, 0.29) is 18.5 Å². The van der Waals surface area contributed by atoms with Crippen LogP contribution in [0.4, 0.5) is 8.78 Å². The number of ether oxygens (including phenoxy) is 1. The fourth-order valence-corrected chi connectivity index (χ4v) is 2.15. The number of rotatable bonds is 7. The predicted octanol–water partition coefficient (Wildman–Crippen LogP) is 2.94. The Kier molecular flexibility index (Phi) is 6.26. The highest BCUT2D eigenvalue weighted by molar-refractivity contribution is 5.78. The third-order valence-corrected chi connectivity index (χ3v) is 3.66. The van der Waals surface area contributed by atoms with Gasteiger partial charge in [-0.15, -0.1) is 0 Å². The summed E-state index contributed by atoms with van der Waals surface area (Å²) in [6.45, 7) is 2.27. The smallest absolute Gasteiger partial charge is 0.234 e. The van der Waals surface area contributed by atoms with Crippen LogP contribution in [0.25, 0.3) is 0 Å². The number of halogens is 2. The minimum absolute atomic E-state index is 0.0797. The van der Waals surface area contributed by atoms with Crippen molar-refractivity contribution >= 4 is 5.91 Å². The minimum Gasteiger partial charge on any atom is -0.497 e. The van der Waals surface area contributed by atoms with Gasteiger partial charge in [0, 0.05) is 12.6 Å². The summed E-state index contributed by atoms with van der Waals surface area (Å²) in [5, 5.41) is 5.77. The van der Waals surface area contributed by atoms with E-state index >= 15 is 0 Å². The molecule has 0 heterocycles. The lowest BCUT2D eigenvalue weighted by Gasteiger charge is -2.14. The molecular formula is C18H20F2N2O2. The Bertz CT molecular complexity index is 690. The van der Waals surface area contributed by atoms with E-state index in [0.717, 1.165) is 23.4 Å². The van der Waals surface area contributed by atoms with Crippen molar-refractivity contribution in [3.05, 3.63) is 65.2 Å². The quantitative estimate of drug-likeness (QED) is 0.818. The lowest BCUT2D eigenvalue weighted by atomic mass is 10.1. The van der Waals surface area contributed by atoms with Gasteiger partial charge >= 0.3 is 0 Å². The Morgan fingerprint density at radius 2 is 1.83 bits per heavy atom. The van der Waals surface area contributed by atoms with Crippen LogP contribution in [-0.2, 0) is 11.3 Å². The Morgan fingerprint density at radius 3 is 2.46 bits per heavy atom. The fraction of sp³-hybridized carbons (Fsp3) is 0.278. The maximum absolute atomic E-state index is 13.2. The number of methoxy groups -OCH3 is 1. The number of carbonyl (C=O) groups excluding carboxylic acids is 1. The van der Waals surface area contributed by atoms with Gasteiger partial charge < -0.3 is 15.4 Å². The van der Waals surface area contributed by atoms with Gasteiger partial charge in [0.1, 0.15) is 5.75 Å². The van der Waals surface area contributed by atoms with Crippen LogP contribution in [0.3, 0.4) is 0 Å². The lowest BCUT2D eigenvalue weighted by Crippen LogP contribution is -2.34. The van der Waals surface area contributed by atoms with Crippen LogP contribution in [0.2, 0.25) is 0 Å². The number of hydrogen-bond donors (Lipinski definition) is 2. The summed E-state index contributed by atoms with van der Waals surface area (Å²) in [4.78, 5) is 11.9. The van der Waals surface area contributed by atoms with Crippen LogP contribution in [0.1, 0.15) is 24.1 Å². The van der Waals surface area contributed by atoms with E-state index in [4.69, 9.17) is 4.74 Å². The summed E-state index contributed by atoms with van der Waals surface area (Å²) in [6.07, 6.45) is 0. The second-order valence-electron chi connectivity index (χ2n) is 5.40. The maximum atomic E-state index is 13.2. The Labute approximate surface area is 139 Å². The fourth-order valence-electron chi connectivity index (χ4n) is 2.15. The molecule has 6 heteroatoms. The summed E-state index contributed by atoms with van der Waals surface area (Å²) in [6, 6.07) is 10.8. The molecule has 0 spiro atoms. The Balaban J connectivity index is 1.78. The van der Waals surface area contributed by atoms with Gasteiger partial charge in [-0.2, -0.15) is 0 Å². The molecule has 0 radical (unpaired) electrons. The lowest BCUT2D eigenvalue weighted by molar-refractivity contribution is -0.120. The molecule has 0 aromatic heterocycles. The maximum Gasteiger partial charge on any atom is 0.234 e. The van der Waals surface area contributed by atoms with Crippen LogP contribution in [0, 0.1) is 11.6 Å². The molecule has 0 bridgehead atoms. The highest BCUT2D eigenvalue weighted by Crippen LogP contribution is 2.15. The van der Waals surface area contributed by atoms with E-state index in [1.807, 2.05) is 24.3 Å². The van der Waals surface area contributed by atoms with Crippen molar-refractivity contribution in [2.24, 2.45) is 0 Å². The number of amides is 1. The molecular weight excluding hydrogens is 314 g/mol. The van der Waals surface area contributed by atoms with Crippen molar-refractivity contribution in [2.75, 3.05) is 13.7 Å². The average Bonchev–Trinajstić information content (AvgIpc) is 2.60. The first-order valence-corrected chi connectivity index (χ1v) is 7.57. The average molecular weight is 334 g/mol. The minimum atomic E-state index is -0.898. The molecule has 0 saturated carbocycles. The standard InChI is InChI=1S/C18H20F2N2O2/c1-12(14-5-8-16(19)17(20)9-14)21-11-18(23)22-10-13-3-6-15(24-2)7-4-13/h3-9,12,21H,10-11H2,1-2H3,(H,22,23)/t12-/m0/s1. The topological polar surface area (TPSA) is 50.4 Å². The zero-order valence-corrected chi connectivity index (χ0v) is 13.6. The van der Waals surface area contributed by atoms with Crippen molar-refractivity contribution in [3.8, 4) is 5.75 Å². The van der Waals surface area contributed by atoms with Gasteiger partial charge in [-0.1, -0.05) is 18.2 Å². The molecule has 0 aliphatic rings. The van der Waals surface area contributed by atoms with Gasteiger partial charge in [-0.05, 0) is 42.3 Å². The van der Waals surface area contributed by atoms with Crippen molar-refractivity contribution in [1.29, 1.82) is 0 Å². The van der Waals surface area contributed by atoms with Gasteiger partial charge in [0.2, 0.25) is 5.91 Å². The summed E-state index contributed by atoms with van der Waals surface area (Å²) in [5.74, 6) is -1.21. The van der Waals surface area contributed by atoms with Gasteiger partial charge in [-0.25, -0.2) is 8.78 Å². The molecule has 1 atom stereocenters. The van der Waals surface area contributed by atoms with Crippen LogP contribution >= 0.6 is 0 Å². The third-order valence-electron chi connectivity index (χ3n) is 3.66. The molecule has 4 nitrogen and oxygen atoms in total. The molecule has 2 N–H and O–H groups in total. The molecule has 0 fully saturated rings. The SMILES string of the molecule is COc1ccc(CNC(=O)CN[C@@H](C)c2ccc(F)c(F)c2)cc1. The second-order valence-corrected chi connectivity index (χ2v) is 5.40. The third kappa shape index (κ3) is 5.03. The van der Waals surface area contributed by atoms with E-state index in [0.29, 0.717) is 12.1 Å². The molecule has 0 unspecified atom stereocenters. The van der Waals surface area contributed by atoms with Crippen molar-refractivity contribution < 1.29 is 18.3 Å². The molecule has 1 amide bonds. The number of carbonyl (C=O) groups is 1. The zero-order valence-electron chi connectivity index (χ0n) is 13.6.